The van der Waals surface area contributed by atoms with Gasteiger partial charge in [0.15, 0.2) is 6.61 Å². The molecular formula is C25H26N4O5S. The van der Waals surface area contributed by atoms with Crippen LogP contribution in [-0.2, 0) is 24.3 Å². The van der Waals surface area contributed by atoms with E-state index in [4.69, 9.17) is 4.74 Å². The summed E-state index contributed by atoms with van der Waals surface area (Å²) in [6.45, 7) is 3.53. The maximum atomic E-state index is 12.9. The van der Waals surface area contributed by atoms with E-state index >= 15 is 0 Å². The van der Waals surface area contributed by atoms with Crippen molar-refractivity contribution in [2.24, 2.45) is 4.40 Å². The Morgan fingerprint density at radius 3 is 2.43 bits per heavy atom. The molecule has 1 N–H and O–H groups in total. The van der Waals surface area contributed by atoms with E-state index in [2.05, 4.69) is 9.71 Å². The molecule has 0 fully saturated rings. The maximum absolute atomic E-state index is 12.9. The zero-order valence-corrected chi connectivity index (χ0v) is 20.2. The number of carbonyl (C=O) groups excluding carboxylic acids is 2. The lowest BCUT2D eigenvalue weighted by molar-refractivity contribution is -0.143. The lowest BCUT2D eigenvalue weighted by atomic mass is 10.2. The molecule has 0 atom stereocenters. The minimum atomic E-state index is -3.48. The lowest BCUT2D eigenvalue weighted by Crippen LogP contribution is -2.40. The lowest BCUT2D eigenvalue weighted by Gasteiger charge is -2.28. The van der Waals surface area contributed by atoms with Crippen LogP contribution in [0, 0.1) is 0 Å². The zero-order valence-electron chi connectivity index (χ0n) is 19.4. The van der Waals surface area contributed by atoms with Crippen molar-refractivity contribution in [3.8, 4) is 0 Å². The van der Waals surface area contributed by atoms with Gasteiger partial charge in [-0.25, -0.2) is 13.2 Å². The highest BCUT2D eigenvalue weighted by Crippen LogP contribution is 2.23. The average molecular weight is 495 g/mol. The van der Waals surface area contributed by atoms with Crippen LogP contribution >= 0.6 is 0 Å². The number of benzene rings is 2. The molecule has 0 unspecified atom stereocenters. The molecule has 0 radical (unpaired) electrons. The van der Waals surface area contributed by atoms with Crippen molar-refractivity contribution < 1.29 is 22.7 Å². The van der Waals surface area contributed by atoms with Crippen molar-refractivity contribution in [1.29, 1.82) is 0 Å². The summed E-state index contributed by atoms with van der Waals surface area (Å²) in [7, 11) is -3.48. The molecule has 0 aromatic heterocycles. The van der Waals surface area contributed by atoms with Gasteiger partial charge in [0.05, 0.1) is 11.3 Å². The van der Waals surface area contributed by atoms with Crippen molar-refractivity contribution in [3.05, 3.63) is 78.5 Å². The zero-order chi connectivity index (χ0) is 25.0. The van der Waals surface area contributed by atoms with Crippen LogP contribution in [0.3, 0.4) is 0 Å². The maximum Gasteiger partial charge on any atom is 0.340 e. The molecule has 4 rings (SSSR count). The summed E-state index contributed by atoms with van der Waals surface area (Å²) in [6.07, 6.45) is 4.36. The number of sulfonamides is 1. The molecule has 0 saturated heterocycles. The minimum absolute atomic E-state index is 0.134. The Balaban J connectivity index is 1.38. The molecule has 9 nitrogen and oxygen atoms in total. The van der Waals surface area contributed by atoms with Crippen LogP contribution in [0.4, 0.5) is 17.1 Å². The number of amidine groups is 1. The van der Waals surface area contributed by atoms with Gasteiger partial charge in [0, 0.05) is 35.8 Å². The fourth-order valence-corrected chi connectivity index (χ4v) is 4.69. The van der Waals surface area contributed by atoms with E-state index in [1.807, 2.05) is 68.4 Å². The number of anilines is 3. The summed E-state index contributed by atoms with van der Waals surface area (Å²) in [6, 6.07) is 17.0. The Morgan fingerprint density at radius 1 is 1.06 bits per heavy atom. The third kappa shape index (κ3) is 5.96. The molecule has 10 heteroatoms. The van der Waals surface area contributed by atoms with Crippen LogP contribution < -0.4 is 10.2 Å². The van der Waals surface area contributed by atoms with Gasteiger partial charge >= 0.3 is 5.97 Å². The monoisotopic (exact) mass is 494 g/mol. The number of fused-ring (bicyclic) bond motifs is 1. The van der Waals surface area contributed by atoms with Gasteiger partial charge in [-0.1, -0.05) is 18.2 Å². The standard InChI is InChI=1S/C25H26N4O5S/c1-18(2)29(22-11-9-21(10-12-22)26-20-6-4-3-5-7-20)24(30)17-34-25(31)19-8-13-23-27-35(32,33)15-14-28(23)16-19/h3-13,16,18,26H,14-15,17H2,1-2H3. The molecule has 182 valence electrons. The van der Waals surface area contributed by atoms with Gasteiger partial charge in [-0.05, 0) is 62.4 Å². The second-order valence-electron chi connectivity index (χ2n) is 8.32. The number of para-hydroxylation sites is 1. The first kappa shape index (κ1) is 24.2. The fraction of sp³-hybridized carbons (Fsp3) is 0.240. The Kier molecular flexibility index (Phi) is 7.02. The molecule has 2 aliphatic rings. The van der Waals surface area contributed by atoms with Gasteiger partial charge in [-0.15, -0.1) is 4.40 Å². The molecule has 35 heavy (non-hydrogen) atoms. The number of rotatable bonds is 7. The van der Waals surface area contributed by atoms with Gasteiger partial charge in [-0.3, -0.25) is 4.79 Å². The van der Waals surface area contributed by atoms with E-state index in [0.29, 0.717) is 5.69 Å². The van der Waals surface area contributed by atoms with Crippen molar-refractivity contribution in [3.63, 3.8) is 0 Å². The van der Waals surface area contributed by atoms with Crippen LogP contribution in [-0.4, -0.2) is 56.0 Å². The average Bonchev–Trinajstić information content (AvgIpc) is 2.83. The molecule has 0 bridgehead atoms. The first-order valence-electron chi connectivity index (χ1n) is 11.1. The quantitative estimate of drug-likeness (QED) is 0.589. The molecule has 1 amide bonds. The van der Waals surface area contributed by atoms with Gasteiger partial charge in [0.25, 0.3) is 15.9 Å². The molecule has 0 saturated carbocycles. The molecule has 0 aliphatic carbocycles. The number of esters is 1. The molecule has 2 aliphatic heterocycles. The second-order valence-corrected chi connectivity index (χ2v) is 10.1. The van der Waals surface area contributed by atoms with Crippen molar-refractivity contribution in [1.82, 2.24) is 4.90 Å². The minimum Gasteiger partial charge on any atom is -0.452 e. The molecule has 2 aromatic carbocycles. The van der Waals surface area contributed by atoms with Crippen LogP contribution in [0.2, 0.25) is 0 Å². The van der Waals surface area contributed by atoms with Gasteiger partial charge in [0.2, 0.25) is 0 Å². The first-order chi connectivity index (χ1) is 16.7. The molecular weight excluding hydrogens is 468 g/mol. The molecule has 0 spiro atoms. The normalized spacial score (nSPS) is 16.1. The van der Waals surface area contributed by atoms with Gasteiger partial charge in [-0.2, -0.15) is 0 Å². The number of amides is 1. The number of hydrogen-bond donors (Lipinski definition) is 1. The Hall–Kier alpha value is -3.92. The Morgan fingerprint density at radius 2 is 1.74 bits per heavy atom. The van der Waals surface area contributed by atoms with Crippen LogP contribution in [0.5, 0.6) is 0 Å². The molecule has 2 heterocycles. The van der Waals surface area contributed by atoms with Gasteiger partial charge < -0.3 is 19.9 Å². The summed E-state index contributed by atoms with van der Waals surface area (Å²) < 4.78 is 32.2. The van der Waals surface area contributed by atoms with Crippen LogP contribution in [0.1, 0.15) is 13.8 Å². The van der Waals surface area contributed by atoms with Crippen molar-refractivity contribution in [2.75, 3.05) is 29.1 Å². The topological polar surface area (TPSA) is 108 Å². The van der Waals surface area contributed by atoms with Crippen molar-refractivity contribution >= 4 is 44.8 Å². The summed E-state index contributed by atoms with van der Waals surface area (Å²) >= 11 is 0. The summed E-state index contributed by atoms with van der Waals surface area (Å²) in [4.78, 5) is 28.6. The third-order valence-corrected chi connectivity index (χ3v) is 6.54. The number of nitrogens with zero attached hydrogens (tertiary/aromatic N) is 3. The summed E-state index contributed by atoms with van der Waals surface area (Å²) in [5.74, 6) is -0.915. The molecule has 2 aromatic rings. The fourth-order valence-electron chi connectivity index (χ4n) is 3.73. The van der Waals surface area contributed by atoms with E-state index in [9.17, 15) is 18.0 Å². The number of nitrogens with one attached hydrogen (secondary N) is 1. The predicted octanol–water partition coefficient (Wildman–Crippen LogP) is 3.21. The summed E-state index contributed by atoms with van der Waals surface area (Å²) in [5, 5.41) is 3.30. The second kappa shape index (κ2) is 10.1. The largest absolute Gasteiger partial charge is 0.452 e. The van der Waals surface area contributed by atoms with E-state index in [1.165, 1.54) is 18.4 Å². The van der Waals surface area contributed by atoms with Crippen molar-refractivity contribution in [2.45, 2.75) is 19.9 Å². The number of ether oxygens (including phenoxy) is 1. The highest BCUT2D eigenvalue weighted by atomic mass is 32.2. The first-order valence-corrected chi connectivity index (χ1v) is 12.7. The Bertz CT molecular complexity index is 1300. The predicted molar refractivity (Wildman–Crippen MR) is 135 cm³/mol. The number of hydrogen-bond acceptors (Lipinski definition) is 7. The van der Waals surface area contributed by atoms with E-state index in [-0.39, 0.29) is 35.7 Å². The Labute approximate surface area is 204 Å². The number of carbonyl (C=O) groups is 2. The smallest absolute Gasteiger partial charge is 0.340 e. The SMILES string of the molecule is CC(C)N(C(=O)COC(=O)C1=CN2CCS(=O)(=O)N=C2C=C1)c1ccc(Nc2ccccc2)cc1. The van der Waals surface area contributed by atoms with Crippen LogP contribution in [0.15, 0.2) is 82.9 Å². The van der Waals surface area contributed by atoms with E-state index in [0.717, 1.165) is 11.4 Å². The van der Waals surface area contributed by atoms with Crippen LogP contribution in [0.25, 0.3) is 0 Å². The highest BCUT2D eigenvalue weighted by molar-refractivity contribution is 7.90. The third-order valence-electron chi connectivity index (χ3n) is 5.38. The van der Waals surface area contributed by atoms with E-state index in [1.54, 1.807) is 9.80 Å². The van der Waals surface area contributed by atoms with Gasteiger partial charge in [0.1, 0.15) is 5.84 Å². The van der Waals surface area contributed by atoms with E-state index < -0.39 is 22.6 Å². The summed E-state index contributed by atoms with van der Waals surface area (Å²) in [5.41, 5.74) is 2.74. The highest BCUT2D eigenvalue weighted by Gasteiger charge is 2.26.